The van der Waals surface area contributed by atoms with Crippen molar-refractivity contribution in [2.24, 2.45) is 4.99 Å². The number of benzene rings is 3. The van der Waals surface area contributed by atoms with Gasteiger partial charge >= 0.3 is 0 Å². The minimum Gasteiger partial charge on any atom is -0.493 e. The minimum absolute atomic E-state index is 0.291. The van der Waals surface area contributed by atoms with E-state index in [4.69, 9.17) is 25.8 Å². The van der Waals surface area contributed by atoms with Gasteiger partial charge in [0.1, 0.15) is 5.69 Å². The van der Waals surface area contributed by atoms with Gasteiger partial charge < -0.3 is 24.4 Å². The molecule has 5 rings (SSSR count). The highest BCUT2D eigenvalue weighted by atomic mass is 35.5. The molecule has 0 spiro atoms. The second-order valence-corrected chi connectivity index (χ2v) is 9.16. The molecule has 0 bridgehead atoms. The largest absolute Gasteiger partial charge is 0.493 e. The number of ether oxygens (including phenoxy) is 3. The SMILES string of the molecule is COc1cc(C)ccc1Oc1nc(Nc2ccc(N3CCOCC3)cc2)ncc1N=Cc1ccc(Cl)cc1. The maximum Gasteiger partial charge on any atom is 0.250 e. The Balaban J connectivity index is 1.41. The first kappa shape index (κ1) is 25.5. The van der Waals surface area contributed by atoms with Crippen LogP contribution in [0.25, 0.3) is 0 Å². The fourth-order valence-electron chi connectivity index (χ4n) is 3.95. The predicted octanol–water partition coefficient (Wildman–Crippen LogP) is 6.57. The Hall–Kier alpha value is -4.14. The predicted molar refractivity (Wildman–Crippen MR) is 151 cm³/mol. The highest BCUT2D eigenvalue weighted by Gasteiger charge is 2.14. The Morgan fingerprint density at radius 1 is 1.00 bits per heavy atom. The van der Waals surface area contributed by atoms with E-state index in [-0.39, 0.29) is 0 Å². The van der Waals surface area contributed by atoms with Gasteiger partial charge in [-0.2, -0.15) is 4.98 Å². The van der Waals surface area contributed by atoms with Gasteiger partial charge in [0.15, 0.2) is 11.5 Å². The van der Waals surface area contributed by atoms with Gasteiger partial charge in [-0.05, 0) is 66.6 Å². The lowest BCUT2D eigenvalue weighted by Crippen LogP contribution is -2.36. The molecule has 3 aromatic carbocycles. The molecule has 9 heteroatoms. The fourth-order valence-corrected chi connectivity index (χ4v) is 4.07. The number of nitrogens with zero attached hydrogens (tertiary/aromatic N) is 4. The second-order valence-electron chi connectivity index (χ2n) is 8.72. The molecule has 8 nitrogen and oxygen atoms in total. The van der Waals surface area contributed by atoms with Gasteiger partial charge in [0.25, 0.3) is 5.88 Å². The number of aliphatic imine (C=N–C) groups is 1. The molecule has 38 heavy (non-hydrogen) atoms. The van der Waals surface area contributed by atoms with Crippen molar-refractivity contribution in [2.75, 3.05) is 43.6 Å². The van der Waals surface area contributed by atoms with Crippen LogP contribution < -0.4 is 19.7 Å². The summed E-state index contributed by atoms with van der Waals surface area (Å²) in [6.45, 7) is 5.25. The number of methoxy groups -OCH3 is 1. The molecule has 1 saturated heterocycles. The van der Waals surface area contributed by atoms with Crippen molar-refractivity contribution in [3.8, 4) is 17.4 Å². The van der Waals surface area contributed by atoms with E-state index in [1.807, 2.05) is 61.5 Å². The summed E-state index contributed by atoms with van der Waals surface area (Å²) >= 11 is 6.01. The maximum absolute atomic E-state index is 6.20. The molecule has 194 valence electrons. The fraction of sp³-hybridized carbons (Fsp3) is 0.207. The molecule has 0 saturated carbocycles. The van der Waals surface area contributed by atoms with Crippen LogP contribution >= 0.6 is 11.6 Å². The monoisotopic (exact) mass is 529 g/mol. The summed E-state index contributed by atoms with van der Waals surface area (Å²) in [4.78, 5) is 16.0. The third kappa shape index (κ3) is 6.40. The van der Waals surface area contributed by atoms with Crippen LogP contribution in [0.3, 0.4) is 0 Å². The van der Waals surface area contributed by atoms with Crippen LogP contribution in [0, 0.1) is 6.92 Å². The topological polar surface area (TPSA) is 81.1 Å². The molecule has 1 aromatic heterocycles. The normalized spacial score (nSPS) is 13.5. The van der Waals surface area contributed by atoms with E-state index < -0.39 is 0 Å². The molecular weight excluding hydrogens is 502 g/mol. The van der Waals surface area contributed by atoms with Crippen LogP contribution in [0.15, 0.2) is 77.9 Å². The van der Waals surface area contributed by atoms with E-state index in [1.54, 1.807) is 19.5 Å². The number of hydrogen-bond donors (Lipinski definition) is 1. The van der Waals surface area contributed by atoms with Crippen molar-refractivity contribution in [2.45, 2.75) is 6.92 Å². The van der Waals surface area contributed by atoms with Crippen molar-refractivity contribution in [3.05, 3.63) is 89.1 Å². The number of aromatic nitrogens is 2. The van der Waals surface area contributed by atoms with E-state index in [0.717, 1.165) is 48.8 Å². The second kappa shape index (κ2) is 11.9. The Kier molecular flexibility index (Phi) is 8.01. The number of rotatable bonds is 8. The number of anilines is 3. The lowest BCUT2D eigenvalue weighted by atomic mass is 10.2. The zero-order valence-electron chi connectivity index (χ0n) is 21.2. The zero-order valence-corrected chi connectivity index (χ0v) is 22.0. The van der Waals surface area contributed by atoms with E-state index in [0.29, 0.717) is 34.0 Å². The maximum atomic E-state index is 6.20. The molecule has 1 N–H and O–H groups in total. The summed E-state index contributed by atoms with van der Waals surface area (Å²) in [6, 6.07) is 21.2. The van der Waals surface area contributed by atoms with Gasteiger partial charge in [-0.15, -0.1) is 0 Å². The van der Waals surface area contributed by atoms with Crippen LogP contribution in [0.5, 0.6) is 17.4 Å². The van der Waals surface area contributed by atoms with Crippen LogP contribution in [0.2, 0.25) is 5.02 Å². The van der Waals surface area contributed by atoms with Gasteiger partial charge in [0.2, 0.25) is 5.95 Å². The number of nitrogens with one attached hydrogen (secondary N) is 1. The van der Waals surface area contributed by atoms with Crippen LogP contribution in [-0.4, -0.2) is 49.6 Å². The lowest BCUT2D eigenvalue weighted by Gasteiger charge is -2.28. The average Bonchev–Trinajstić information content (AvgIpc) is 2.95. The molecule has 0 atom stereocenters. The van der Waals surface area contributed by atoms with Crippen LogP contribution in [0.4, 0.5) is 23.0 Å². The van der Waals surface area contributed by atoms with Crippen molar-refractivity contribution < 1.29 is 14.2 Å². The Bertz CT molecular complexity index is 1410. The van der Waals surface area contributed by atoms with Gasteiger partial charge in [-0.1, -0.05) is 29.8 Å². The Morgan fingerprint density at radius 3 is 2.50 bits per heavy atom. The van der Waals surface area contributed by atoms with E-state index in [1.165, 1.54) is 0 Å². The van der Waals surface area contributed by atoms with Gasteiger partial charge in [0, 0.05) is 35.7 Å². The van der Waals surface area contributed by atoms with E-state index in [9.17, 15) is 0 Å². The van der Waals surface area contributed by atoms with Crippen LogP contribution in [-0.2, 0) is 4.74 Å². The highest BCUT2D eigenvalue weighted by Crippen LogP contribution is 2.36. The van der Waals surface area contributed by atoms with Gasteiger partial charge in [-0.25, -0.2) is 9.98 Å². The third-order valence-corrected chi connectivity index (χ3v) is 6.24. The van der Waals surface area contributed by atoms with Crippen molar-refractivity contribution in [1.29, 1.82) is 0 Å². The molecular formula is C29H28ClN5O3. The lowest BCUT2D eigenvalue weighted by molar-refractivity contribution is 0.122. The molecule has 4 aromatic rings. The quantitative estimate of drug-likeness (QED) is 0.258. The first-order valence-electron chi connectivity index (χ1n) is 12.3. The standard InChI is InChI=1S/C29H28ClN5O3/c1-20-3-12-26(27(17-20)36-2)38-28-25(31-18-21-4-6-22(30)7-5-21)19-32-29(34-28)33-23-8-10-24(11-9-23)35-13-15-37-16-14-35/h3-12,17-19H,13-16H2,1-2H3,(H,32,33,34). The first-order valence-corrected chi connectivity index (χ1v) is 12.6. The first-order chi connectivity index (χ1) is 18.6. The van der Waals surface area contributed by atoms with Gasteiger partial charge in [-0.3, -0.25) is 0 Å². The molecule has 1 aliphatic heterocycles. The Morgan fingerprint density at radius 2 is 1.76 bits per heavy atom. The summed E-state index contributed by atoms with van der Waals surface area (Å²) in [6.07, 6.45) is 3.34. The summed E-state index contributed by atoms with van der Waals surface area (Å²) in [5.74, 6) is 1.81. The minimum atomic E-state index is 0.291. The van der Waals surface area contributed by atoms with Crippen molar-refractivity contribution in [3.63, 3.8) is 0 Å². The molecule has 1 fully saturated rings. The number of hydrogen-bond acceptors (Lipinski definition) is 8. The van der Waals surface area contributed by atoms with E-state index in [2.05, 4.69) is 37.3 Å². The molecule has 0 amide bonds. The number of halogens is 1. The number of aryl methyl sites for hydroxylation is 1. The van der Waals surface area contributed by atoms with E-state index >= 15 is 0 Å². The molecule has 0 radical (unpaired) electrons. The number of morpholine rings is 1. The molecule has 2 heterocycles. The van der Waals surface area contributed by atoms with Crippen molar-refractivity contribution in [1.82, 2.24) is 9.97 Å². The highest BCUT2D eigenvalue weighted by molar-refractivity contribution is 6.30. The zero-order chi connectivity index (χ0) is 26.3. The summed E-state index contributed by atoms with van der Waals surface area (Å²) in [7, 11) is 1.61. The summed E-state index contributed by atoms with van der Waals surface area (Å²) < 4.78 is 17.2. The third-order valence-electron chi connectivity index (χ3n) is 5.98. The summed E-state index contributed by atoms with van der Waals surface area (Å²) in [5, 5.41) is 3.92. The summed E-state index contributed by atoms with van der Waals surface area (Å²) in [5.41, 5.74) is 4.42. The average molecular weight is 530 g/mol. The van der Waals surface area contributed by atoms with Crippen molar-refractivity contribution >= 4 is 40.8 Å². The van der Waals surface area contributed by atoms with Crippen LogP contribution in [0.1, 0.15) is 11.1 Å². The van der Waals surface area contributed by atoms with Gasteiger partial charge in [0.05, 0.1) is 26.5 Å². The molecule has 1 aliphatic rings. The Labute approximate surface area is 226 Å². The molecule has 0 aliphatic carbocycles. The smallest absolute Gasteiger partial charge is 0.250 e. The molecule has 0 unspecified atom stereocenters.